The lowest BCUT2D eigenvalue weighted by Crippen LogP contribution is -2.26. The fourth-order valence-electron chi connectivity index (χ4n) is 1.16. The van der Waals surface area contributed by atoms with Gasteiger partial charge in [0.15, 0.2) is 5.79 Å². The summed E-state index contributed by atoms with van der Waals surface area (Å²) in [6.45, 7) is 4.06. The summed E-state index contributed by atoms with van der Waals surface area (Å²) in [6, 6.07) is 0. The Kier molecular flexibility index (Phi) is 1.78. The maximum absolute atomic E-state index is 5.48. The van der Waals surface area contributed by atoms with E-state index in [0.717, 1.165) is 12.8 Å². The average molecular weight is 130 g/mol. The average Bonchev–Trinajstić information content (AvgIpc) is 2.13. The molecule has 0 saturated carbocycles. The quantitative estimate of drug-likeness (QED) is 0.536. The Labute approximate surface area is 56.2 Å². The van der Waals surface area contributed by atoms with Crippen LogP contribution >= 0.6 is 0 Å². The van der Waals surface area contributed by atoms with Crippen molar-refractivity contribution in [3.63, 3.8) is 0 Å². The molecular formula is C7H14O2. The monoisotopic (exact) mass is 130 g/mol. The predicted octanol–water partition coefficient (Wildman–Crippen LogP) is 1.55. The van der Waals surface area contributed by atoms with Crippen molar-refractivity contribution in [1.29, 1.82) is 0 Å². The molecule has 2 unspecified atom stereocenters. The Hall–Kier alpha value is -0.0800. The molecule has 1 aliphatic heterocycles. The van der Waals surface area contributed by atoms with Crippen LogP contribution in [0, 0.1) is 0 Å². The minimum atomic E-state index is -0.292. The van der Waals surface area contributed by atoms with Crippen molar-refractivity contribution in [3.8, 4) is 0 Å². The van der Waals surface area contributed by atoms with Crippen LogP contribution in [-0.4, -0.2) is 19.0 Å². The molecule has 1 heterocycles. The molecular weight excluding hydrogens is 116 g/mol. The van der Waals surface area contributed by atoms with Crippen LogP contribution in [-0.2, 0) is 9.47 Å². The van der Waals surface area contributed by atoms with Gasteiger partial charge in [-0.3, -0.25) is 0 Å². The molecule has 0 radical (unpaired) electrons. The maximum atomic E-state index is 5.48. The predicted molar refractivity (Wildman–Crippen MR) is 35.2 cm³/mol. The normalized spacial score (nSPS) is 43.7. The van der Waals surface area contributed by atoms with Gasteiger partial charge in [0.2, 0.25) is 0 Å². The first kappa shape index (κ1) is 7.03. The summed E-state index contributed by atoms with van der Waals surface area (Å²) in [4.78, 5) is 0. The number of hydrogen-bond acceptors (Lipinski definition) is 2. The summed E-state index contributed by atoms with van der Waals surface area (Å²) < 4.78 is 10.6. The van der Waals surface area contributed by atoms with Crippen molar-refractivity contribution >= 4 is 0 Å². The molecule has 2 heteroatoms. The van der Waals surface area contributed by atoms with Crippen molar-refractivity contribution in [2.45, 2.75) is 38.6 Å². The van der Waals surface area contributed by atoms with Crippen molar-refractivity contribution < 1.29 is 9.47 Å². The van der Waals surface area contributed by atoms with Gasteiger partial charge in [0, 0.05) is 13.5 Å². The van der Waals surface area contributed by atoms with Gasteiger partial charge < -0.3 is 9.47 Å². The summed E-state index contributed by atoms with van der Waals surface area (Å²) >= 11 is 0. The largest absolute Gasteiger partial charge is 0.353 e. The van der Waals surface area contributed by atoms with E-state index in [2.05, 4.69) is 6.92 Å². The molecule has 1 fully saturated rings. The van der Waals surface area contributed by atoms with Crippen LogP contribution < -0.4 is 0 Å². The standard InChI is InChI=1S/C7H14O2/c1-6-4-5-7(2,8-3)9-6/h6H,4-5H2,1-3H3. The highest BCUT2D eigenvalue weighted by Crippen LogP contribution is 2.29. The zero-order chi connectivity index (χ0) is 6.91. The minimum Gasteiger partial charge on any atom is -0.353 e. The summed E-state index contributed by atoms with van der Waals surface area (Å²) in [5.41, 5.74) is 0. The minimum absolute atomic E-state index is 0.292. The van der Waals surface area contributed by atoms with Crippen LogP contribution in [0.1, 0.15) is 26.7 Å². The van der Waals surface area contributed by atoms with Crippen LogP contribution in [0.4, 0.5) is 0 Å². The summed E-state index contributed by atoms with van der Waals surface area (Å²) in [7, 11) is 1.69. The molecule has 0 bridgehead atoms. The number of ether oxygens (including phenoxy) is 2. The van der Waals surface area contributed by atoms with E-state index in [9.17, 15) is 0 Å². The first-order chi connectivity index (χ1) is 4.16. The number of methoxy groups -OCH3 is 1. The van der Waals surface area contributed by atoms with Crippen molar-refractivity contribution in [2.75, 3.05) is 7.11 Å². The van der Waals surface area contributed by atoms with Crippen LogP contribution in [0.5, 0.6) is 0 Å². The molecule has 1 rings (SSSR count). The molecule has 1 aliphatic rings. The van der Waals surface area contributed by atoms with Gasteiger partial charge in [-0.2, -0.15) is 0 Å². The molecule has 1 saturated heterocycles. The molecule has 2 atom stereocenters. The van der Waals surface area contributed by atoms with Gasteiger partial charge in [0.05, 0.1) is 6.10 Å². The molecule has 0 aromatic rings. The van der Waals surface area contributed by atoms with Crippen LogP contribution in [0.15, 0.2) is 0 Å². The van der Waals surface area contributed by atoms with E-state index in [1.165, 1.54) is 0 Å². The van der Waals surface area contributed by atoms with E-state index >= 15 is 0 Å². The van der Waals surface area contributed by atoms with Gasteiger partial charge in [-0.15, -0.1) is 0 Å². The maximum Gasteiger partial charge on any atom is 0.165 e. The van der Waals surface area contributed by atoms with Gasteiger partial charge in [-0.1, -0.05) is 0 Å². The van der Waals surface area contributed by atoms with E-state index in [0.29, 0.717) is 6.10 Å². The van der Waals surface area contributed by atoms with Gasteiger partial charge in [-0.05, 0) is 20.3 Å². The van der Waals surface area contributed by atoms with Gasteiger partial charge in [-0.25, -0.2) is 0 Å². The Morgan fingerprint density at radius 2 is 2.33 bits per heavy atom. The van der Waals surface area contributed by atoms with E-state index in [-0.39, 0.29) is 5.79 Å². The fourth-order valence-corrected chi connectivity index (χ4v) is 1.16. The Morgan fingerprint density at radius 3 is 2.56 bits per heavy atom. The molecule has 0 aromatic heterocycles. The first-order valence-corrected chi connectivity index (χ1v) is 3.39. The van der Waals surface area contributed by atoms with E-state index in [4.69, 9.17) is 9.47 Å². The molecule has 54 valence electrons. The molecule has 9 heavy (non-hydrogen) atoms. The van der Waals surface area contributed by atoms with Crippen molar-refractivity contribution in [3.05, 3.63) is 0 Å². The highest BCUT2D eigenvalue weighted by atomic mass is 16.7. The van der Waals surface area contributed by atoms with Crippen molar-refractivity contribution in [1.82, 2.24) is 0 Å². The topological polar surface area (TPSA) is 18.5 Å². The summed E-state index contributed by atoms with van der Waals surface area (Å²) in [5, 5.41) is 0. The van der Waals surface area contributed by atoms with E-state index in [1.807, 2.05) is 6.92 Å². The zero-order valence-electron chi connectivity index (χ0n) is 6.31. The molecule has 0 N–H and O–H groups in total. The van der Waals surface area contributed by atoms with Crippen molar-refractivity contribution in [2.24, 2.45) is 0 Å². The van der Waals surface area contributed by atoms with Crippen LogP contribution in [0.2, 0.25) is 0 Å². The Bertz CT molecular complexity index is 103. The van der Waals surface area contributed by atoms with Gasteiger partial charge in [0.25, 0.3) is 0 Å². The Morgan fingerprint density at radius 1 is 1.67 bits per heavy atom. The molecule has 0 spiro atoms. The molecule has 2 nitrogen and oxygen atoms in total. The number of rotatable bonds is 1. The highest BCUT2D eigenvalue weighted by molar-refractivity contribution is 4.73. The second-order valence-electron chi connectivity index (χ2n) is 2.81. The third kappa shape index (κ3) is 1.43. The van der Waals surface area contributed by atoms with Crippen LogP contribution in [0.25, 0.3) is 0 Å². The number of hydrogen-bond donors (Lipinski definition) is 0. The Balaban J connectivity index is 2.45. The van der Waals surface area contributed by atoms with Gasteiger partial charge in [0.1, 0.15) is 0 Å². The van der Waals surface area contributed by atoms with Gasteiger partial charge >= 0.3 is 0 Å². The molecule has 0 aromatic carbocycles. The van der Waals surface area contributed by atoms with E-state index < -0.39 is 0 Å². The SMILES string of the molecule is COC1(C)CCC(C)O1. The van der Waals surface area contributed by atoms with E-state index in [1.54, 1.807) is 7.11 Å². The third-order valence-electron chi connectivity index (χ3n) is 1.89. The zero-order valence-corrected chi connectivity index (χ0v) is 6.31. The summed E-state index contributed by atoms with van der Waals surface area (Å²) in [5.74, 6) is -0.292. The molecule has 0 aliphatic carbocycles. The highest BCUT2D eigenvalue weighted by Gasteiger charge is 2.33. The lowest BCUT2D eigenvalue weighted by atomic mass is 10.2. The summed E-state index contributed by atoms with van der Waals surface area (Å²) in [6.07, 6.45) is 2.50. The van der Waals surface area contributed by atoms with Crippen LogP contribution in [0.3, 0.4) is 0 Å². The first-order valence-electron chi connectivity index (χ1n) is 3.39. The lowest BCUT2D eigenvalue weighted by Gasteiger charge is -2.21. The lowest BCUT2D eigenvalue weighted by molar-refractivity contribution is -0.195. The second-order valence-corrected chi connectivity index (χ2v) is 2.81. The third-order valence-corrected chi connectivity index (χ3v) is 1.89. The smallest absolute Gasteiger partial charge is 0.165 e. The second kappa shape index (κ2) is 2.27. The fraction of sp³-hybridized carbons (Fsp3) is 1.00. The molecule has 0 amide bonds.